The molecule has 0 aliphatic rings. The summed E-state index contributed by atoms with van der Waals surface area (Å²) < 4.78 is 4.85. The number of rotatable bonds is 6. The summed E-state index contributed by atoms with van der Waals surface area (Å²) in [6.45, 7) is 4.05. The first-order valence-corrected chi connectivity index (χ1v) is 5.87. The lowest BCUT2D eigenvalue weighted by Gasteiger charge is -2.09. The number of ether oxygens (including phenoxy) is 1. The summed E-state index contributed by atoms with van der Waals surface area (Å²) in [6, 6.07) is 9.13. The molecule has 92 valence electrons. The first-order chi connectivity index (χ1) is 8.13. The van der Waals surface area contributed by atoms with E-state index < -0.39 is 0 Å². The van der Waals surface area contributed by atoms with Crippen LogP contribution in [0.3, 0.4) is 0 Å². The lowest BCUT2D eigenvalue weighted by molar-refractivity contribution is -0.144. The van der Waals surface area contributed by atoms with Gasteiger partial charge in [-0.15, -0.1) is 0 Å². The van der Waals surface area contributed by atoms with E-state index in [0.717, 1.165) is 0 Å². The summed E-state index contributed by atoms with van der Waals surface area (Å²) in [7, 11) is 0. The number of Topliss-reactive ketones (excluding diaryl/α,β-unsaturated/α-hetero) is 1. The number of ketones is 1. The quantitative estimate of drug-likeness (QED) is 0.561. The predicted octanol–water partition coefficient (Wildman–Crippen LogP) is 2.85. The monoisotopic (exact) mass is 234 g/mol. The van der Waals surface area contributed by atoms with Crippen LogP contribution in [0.15, 0.2) is 30.3 Å². The van der Waals surface area contributed by atoms with Crippen molar-refractivity contribution < 1.29 is 14.3 Å². The van der Waals surface area contributed by atoms with E-state index >= 15 is 0 Å². The molecule has 0 saturated carbocycles. The maximum atomic E-state index is 11.8. The fourth-order valence-electron chi connectivity index (χ4n) is 1.63. The van der Waals surface area contributed by atoms with Gasteiger partial charge in [-0.2, -0.15) is 0 Å². The molecule has 0 saturated heterocycles. The van der Waals surface area contributed by atoms with E-state index in [2.05, 4.69) is 0 Å². The molecule has 1 rings (SSSR count). The Bertz CT molecular complexity index is 370. The molecular weight excluding hydrogens is 216 g/mol. The van der Waals surface area contributed by atoms with Crippen LogP contribution in [0.25, 0.3) is 0 Å². The van der Waals surface area contributed by atoms with Crippen LogP contribution in [0.2, 0.25) is 0 Å². The van der Waals surface area contributed by atoms with Gasteiger partial charge >= 0.3 is 5.97 Å². The van der Waals surface area contributed by atoms with Crippen molar-refractivity contribution in [3.05, 3.63) is 35.9 Å². The standard InChI is InChI=1S/C14H18O3/c1-3-17-14(16)10-11(2)9-13(15)12-7-5-4-6-8-12/h4-8,11H,3,9-10H2,1-2H3/t11-/m1/s1. The molecule has 0 radical (unpaired) electrons. The molecule has 0 heterocycles. The smallest absolute Gasteiger partial charge is 0.306 e. The van der Waals surface area contributed by atoms with Gasteiger partial charge in [0, 0.05) is 18.4 Å². The maximum Gasteiger partial charge on any atom is 0.306 e. The first-order valence-electron chi connectivity index (χ1n) is 5.87. The van der Waals surface area contributed by atoms with Crippen molar-refractivity contribution in [2.24, 2.45) is 5.92 Å². The van der Waals surface area contributed by atoms with Gasteiger partial charge in [-0.25, -0.2) is 0 Å². The predicted molar refractivity (Wildman–Crippen MR) is 65.8 cm³/mol. The van der Waals surface area contributed by atoms with E-state index in [0.29, 0.717) is 25.0 Å². The second kappa shape index (κ2) is 6.84. The van der Waals surface area contributed by atoms with Gasteiger partial charge in [0.15, 0.2) is 5.78 Å². The normalized spacial score (nSPS) is 11.9. The summed E-state index contributed by atoms with van der Waals surface area (Å²) in [6.07, 6.45) is 0.676. The van der Waals surface area contributed by atoms with Gasteiger partial charge in [-0.1, -0.05) is 37.3 Å². The van der Waals surface area contributed by atoms with E-state index in [9.17, 15) is 9.59 Å². The van der Waals surface area contributed by atoms with Gasteiger partial charge in [0.2, 0.25) is 0 Å². The molecule has 1 atom stereocenters. The zero-order valence-corrected chi connectivity index (χ0v) is 10.3. The van der Waals surface area contributed by atoms with Crippen molar-refractivity contribution in [2.75, 3.05) is 6.61 Å². The third-order valence-electron chi connectivity index (χ3n) is 2.45. The van der Waals surface area contributed by atoms with Crippen LogP contribution in [0.4, 0.5) is 0 Å². The van der Waals surface area contributed by atoms with Crippen molar-refractivity contribution in [3.63, 3.8) is 0 Å². The molecule has 0 amide bonds. The van der Waals surface area contributed by atoms with E-state index in [4.69, 9.17) is 4.74 Å². The van der Waals surface area contributed by atoms with E-state index in [-0.39, 0.29) is 17.7 Å². The van der Waals surface area contributed by atoms with Gasteiger partial charge in [-0.3, -0.25) is 9.59 Å². The van der Waals surface area contributed by atoms with Crippen molar-refractivity contribution in [3.8, 4) is 0 Å². The van der Waals surface area contributed by atoms with Crippen LogP contribution in [0.5, 0.6) is 0 Å². The average Bonchev–Trinajstić information content (AvgIpc) is 2.30. The van der Waals surface area contributed by atoms with Crippen LogP contribution in [-0.2, 0) is 9.53 Å². The van der Waals surface area contributed by atoms with Crippen LogP contribution >= 0.6 is 0 Å². The van der Waals surface area contributed by atoms with Crippen molar-refractivity contribution in [1.29, 1.82) is 0 Å². The topological polar surface area (TPSA) is 43.4 Å². The maximum absolute atomic E-state index is 11.8. The lowest BCUT2D eigenvalue weighted by Crippen LogP contribution is -2.13. The number of esters is 1. The molecule has 0 fully saturated rings. The highest BCUT2D eigenvalue weighted by atomic mass is 16.5. The van der Waals surface area contributed by atoms with Gasteiger partial charge in [0.25, 0.3) is 0 Å². The highest BCUT2D eigenvalue weighted by molar-refractivity contribution is 5.96. The summed E-state index contributed by atoms with van der Waals surface area (Å²) in [4.78, 5) is 23.1. The SMILES string of the molecule is CCOC(=O)C[C@H](C)CC(=O)c1ccccc1. The summed E-state index contributed by atoms with van der Waals surface area (Å²) in [5.41, 5.74) is 0.697. The lowest BCUT2D eigenvalue weighted by atomic mass is 9.97. The van der Waals surface area contributed by atoms with Crippen molar-refractivity contribution in [2.45, 2.75) is 26.7 Å². The molecule has 0 aromatic heterocycles. The molecule has 3 heteroatoms. The largest absolute Gasteiger partial charge is 0.466 e. The Hall–Kier alpha value is -1.64. The first kappa shape index (κ1) is 13.4. The minimum atomic E-state index is -0.235. The second-order valence-electron chi connectivity index (χ2n) is 4.11. The molecule has 17 heavy (non-hydrogen) atoms. The summed E-state index contributed by atoms with van der Waals surface area (Å²) in [5, 5.41) is 0. The van der Waals surface area contributed by atoms with E-state index in [1.807, 2.05) is 25.1 Å². The molecule has 1 aromatic carbocycles. The van der Waals surface area contributed by atoms with Gasteiger partial charge in [0.05, 0.1) is 6.61 Å². The Kier molecular flexibility index (Phi) is 5.40. The fourth-order valence-corrected chi connectivity index (χ4v) is 1.63. The highest BCUT2D eigenvalue weighted by Crippen LogP contribution is 2.13. The zero-order chi connectivity index (χ0) is 12.7. The Labute approximate surface area is 102 Å². The molecule has 0 aliphatic heterocycles. The Balaban J connectivity index is 2.44. The molecule has 0 spiro atoms. The van der Waals surface area contributed by atoms with Gasteiger partial charge in [-0.05, 0) is 12.8 Å². The van der Waals surface area contributed by atoms with E-state index in [1.54, 1.807) is 19.1 Å². The molecule has 0 bridgehead atoms. The third-order valence-corrected chi connectivity index (χ3v) is 2.45. The van der Waals surface area contributed by atoms with Gasteiger partial charge in [0.1, 0.15) is 0 Å². The van der Waals surface area contributed by atoms with Crippen LogP contribution < -0.4 is 0 Å². The molecule has 1 aromatic rings. The average molecular weight is 234 g/mol. The number of carbonyl (C=O) groups is 2. The number of carbonyl (C=O) groups excluding carboxylic acids is 2. The van der Waals surface area contributed by atoms with Crippen LogP contribution in [-0.4, -0.2) is 18.4 Å². The molecule has 3 nitrogen and oxygen atoms in total. The van der Waals surface area contributed by atoms with Crippen molar-refractivity contribution in [1.82, 2.24) is 0 Å². The number of hydrogen-bond acceptors (Lipinski definition) is 3. The zero-order valence-electron chi connectivity index (χ0n) is 10.3. The second-order valence-corrected chi connectivity index (χ2v) is 4.11. The molecular formula is C14H18O3. The van der Waals surface area contributed by atoms with Crippen LogP contribution in [0.1, 0.15) is 37.0 Å². The van der Waals surface area contributed by atoms with Crippen LogP contribution in [0, 0.1) is 5.92 Å². The Morgan fingerprint density at radius 3 is 2.41 bits per heavy atom. The number of hydrogen-bond donors (Lipinski definition) is 0. The molecule has 0 aliphatic carbocycles. The highest BCUT2D eigenvalue weighted by Gasteiger charge is 2.14. The minimum Gasteiger partial charge on any atom is -0.466 e. The molecule has 0 N–H and O–H groups in total. The Morgan fingerprint density at radius 1 is 1.18 bits per heavy atom. The number of benzene rings is 1. The van der Waals surface area contributed by atoms with Gasteiger partial charge < -0.3 is 4.74 Å². The van der Waals surface area contributed by atoms with E-state index in [1.165, 1.54) is 0 Å². The molecule has 0 unspecified atom stereocenters. The van der Waals surface area contributed by atoms with Crippen molar-refractivity contribution >= 4 is 11.8 Å². The third kappa shape index (κ3) is 4.81. The summed E-state index contributed by atoms with van der Waals surface area (Å²) in [5.74, 6) is -0.148. The fraction of sp³-hybridized carbons (Fsp3) is 0.429. The Morgan fingerprint density at radius 2 is 1.82 bits per heavy atom. The minimum absolute atomic E-state index is 0.0155. The summed E-state index contributed by atoms with van der Waals surface area (Å²) >= 11 is 0.